The van der Waals surface area contributed by atoms with E-state index in [-0.39, 0.29) is 5.91 Å². The molecule has 0 saturated heterocycles. The average molecular weight is 399 g/mol. The van der Waals surface area contributed by atoms with Crippen LogP contribution in [0.2, 0.25) is 0 Å². The summed E-state index contributed by atoms with van der Waals surface area (Å²) >= 11 is 2.84. The van der Waals surface area contributed by atoms with Gasteiger partial charge in [-0.1, -0.05) is 66.4 Å². The van der Waals surface area contributed by atoms with Crippen molar-refractivity contribution in [2.45, 2.75) is 31.5 Å². The van der Waals surface area contributed by atoms with Gasteiger partial charge in [-0.25, -0.2) is 0 Å². The summed E-state index contributed by atoms with van der Waals surface area (Å²) in [6.07, 6.45) is 0.884. The lowest BCUT2D eigenvalue weighted by Gasteiger charge is -2.12. The highest BCUT2D eigenvalue weighted by molar-refractivity contribution is 8.01. The van der Waals surface area contributed by atoms with Gasteiger partial charge in [-0.05, 0) is 43.0 Å². The standard InChI is InChI=1S/C20H22N4OS2/c1-4-15-10-7-9-14(3)18(15)22-17(25)12-26-20-24-23-19(27-20)21-16-11-6-5-8-13(16)2/h5-11H,4,12H2,1-3H3,(H,21,23)(H,22,25). The van der Waals surface area contributed by atoms with Crippen LogP contribution in [-0.4, -0.2) is 21.9 Å². The number of rotatable bonds is 7. The van der Waals surface area contributed by atoms with E-state index >= 15 is 0 Å². The fourth-order valence-electron chi connectivity index (χ4n) is 2.65. The van der Waals surface area contributed by atoms with E-state index in [4.69, 9.17) is 0 Å². The second-order valence-electron chi connectivity index (χ2n) is 6.11. The maximum Gasteiger partial charge on any atom is 0.234 e. The molecule has 7 heteroatoms. The summed E-state index contributed by atoms with van der Waals surface area (Å²) in [5.41, 5.74) is 5.30. The van der Waals surface area contributed by atoms with E-state index in [0.29, 0.717) is 5.75 Å². The molecular formula is C20H22N4OS2. The van der Waals surface area contributed by atoms with Gasteiger partial charge in [0.15, 0.2) is 4.34 Å². The van der Waals surface area contributed by atoms with Crippen LogP contribution in [0.15, 0.2) is 46.8 Å². The highest BCUT2D eigenvalue weighted by atomic mass is 32.2. The van der Waals surface area contributed by atoms with Crippen molar-refractivity contribution in [1.29, 1.82) is 0 Å². The molecule has 0 atom stereocenters. The minimum Gasteiger partial charge on any atom is -0.330 e. The molecule has 2 aromatic carbocycles. The molecule has 0 saturated carbocycles. The van der Waals surface area contributed by atoms with Gasteiger partial charge in [-0.2, -0.15) is 0 Å². The normalized spacial score (nSPS) is 10.6. The first-order valence-corrected chi connectivity index (χ1v) is 10.5. The van der Waals surface area contributed by atoms with Gasteiger partial charge in [-0.15, -0.1) is 10.2 Å². The lowest BCUT2D eigenvalue weighted by Crippen LogP contribution is -2.16. The average Bonchev–Trinajstić information content (AvgIpc) is 3.11. The largest absolute Gasteiger partial charge is 0.330 e. The van der Waals surface area contributed by atoms with Gasteiger partial charge in [0, 0.05) is 11.4 Å². The van der Waals surface area contributed by atoms with Crippen molar-refractivity contribution in [3.05, 3.63) is 59.2 Å². The second kappa shape index (κ2) is 9.01. The van der Waals surface area contributed by atoms with Crippen molar-refractivity contribution < 1.29 is 4.79 Å². The Bertz CT molecular complexity index is 939. The molecule has 0 bridgehead atoms. The van der Waals surface area contributed by atoms with Gasteiger partial charge in [-0.3, -0.25) is 4.79 Å². The summed E-state index contributed by atoms with van der Waals surface area (Å²) in [5.74, 6) is 0.267. The quantitative estimate of drug-likeness (QED) is 0.536. The third-order valence-corrected chi connectivity index (χ3v) is 6.10. The first kappa shape index (κ1) is 19.4. The number of hydrogen-bond acceptors (Lipinski definition) is 6. The monoisotopic (exact) mass is 398 g/mol. The van der Waals surface area contributed by atoms with Gasteiger partial charge in [0.1, 0.15) is 0 Å². The van der Waals surface area contributed by atoms with Crippen LogP contribution < -0.4 is 10.6 Å². The summed E-state index contributed by atoms with van der Waals surface area (Å²) in [7, 11) is 0. The topological polar surface area (TPSA) is 66.9 Å². The molecule has 0 aliphatic carbocycles. The van der Waals surface area contributed by atoms with Gasteiger partial charge >= 0.3 is 0 Å². The predicted molar refractivity (Wildman–Crippen MR) is 114 cm³/mol. The maximum atomic E-state index is 12.4. The van der Waals surface area contributed by atoms with E-state index in [1.54, 1.807) is 0 Å². The highest BCUT2D eigenvalue weighted by Crippen LogP contribution is 2.29. The lowest BCUT2D eigenvalue weighted by atomic mass is 10.1. The van der Waals surface area contributed by atoms with Gasteiger partial charge in [0.2, 0.25) is 11.0 Å². The summed E-state index contributed by atoms with van der Waals surface area (Å²) in [6, 6.07) is 14.1. The van der Waals surface area contributed by atoms with Crippen LogP contribution in [0, 0.1) is 13.8 Å². The Balaban J connectivity index is 1.57. The molecule has 3 rings (SSSR count). The van der Waals surface area contributed by atoms with Gasteiger partial charge in [0.05, 0.1) is 5.75 Å². The number of aromatic nitrogens is 2. The smallest absolute Gasteiger partial charge is 0.234 e. The number of hydrogen-bond donors (Lipinski definition) is 2. The first-order chi connectivity index (χ1) is 13.1. The van der Waals surface area contributed by atoms with Crippen molar-refractivity contribution in [3.8, 4) is 0 Å². The molecule has 1 aromatic heterocycles. The Hall–Kier alpha value is -2.38. The van der Waals surface area contributed by atoms with E-state index in [2.05, 4.69) is 27.8 Å². The van der Waals surface area contributed by atoms with Crippen molar-refractivity contribution in [1.82, 2.24) is 10.2 Å². The van der Waals surface area contributed by atoms with Crippen LogP contribution in [0.1, 0.15) is 23.6 Å². The molecule has 140 valence electrons. The van der Waals surface area contributed by atoms with Gasteiger partial charge < -0.3 is 10.6 Å². The van der Waals surface area contributed by atoms with E-state index in [9.17, 15) is 4.79 Å². The Morgan fingerprint density at radius 1 is 1.07 bits per heavy atom. The summed E-state index contributed by atoms with van der Waals surface area (Å²) in [6.45, 7) is 6.14. The zero-order valence-electron chi connectivity index (χ0n) is 15.6. The van der Waals surface area contributed by atoms with Gasteiger partial charge in [0.25, 0.3) is 0 Å². The predicted octanol–water partition coefficient (Wildman–Crippen LogP) is 5.19. The van der Waals surface area contributed by atoms with E-state index < -0.39 is 0 Å². The molecule has 0 spiro atoms. The number of anilines is 3. The molecule has 1 amide bonds. The fourth-order valence-corrected chi connectivity index (χ4v) is 4.22. The van der Waals surface area contributed by atoms with E-state index in [0.717, 1.165) is 44.0 Å². The van der Waals surface area contributed by atoms with Crippen molar-refractivity contribution >= 4 is 45.5 Å². The molecule has 27 heavy (non-hydrogen) atoms. The SMILES string of the molecule is CCc1cccc(C)c1NC(=O)CSc1nnc(Nc2ccccc2C)s1. The van der Waals surface area contributed by atoms with Crippen LogP contribution in [0.4, 0.5) is 16.5 Å². The van der Waals surface area contributed by atoms with Crippen LogP contribution in [-0.2, 0) is 11.2 Å². The molecule has 0 unspecified atom stereocenters. The number of aryl methyl sites for hydroxylation is 3. The van der Waals surface area contributed by atoms with Crippen molar-refractivity contribution in [3.63, 3.8) is 0 Å². The highest BCUT2D eigenvalue weighted by Gasteiger charge is 2.12. The molecule has 0 aliphatic heterocycles. The molecule has 2 N–H and O–H groups in total. The number of carbonyl (C=O) groups is 1. The number of nitrogens with zero attached hydrogens (tertiary/aromatic N) is 2. The third-order valence-electron chi connectivity index (χ3n) is 4.12. The molecule has 1 heterocycles. The number of thioether (sulfide) groups is 1. The van der Waals surface area contributed by atoms with Crippen LogP contribution in [0.25, 0.3) is 0 Å². The number of carbonyl (C=O) groups excluding carboxylic acids is 1. The minimum atomic E-state index is -0.0346. The zero-order valence-corrected chi connectivity index (χ0v) is 17.2. The molecule has 0 aliphatic rings. The van der Waals surface area contributed by atoms with E-state index in [1.807, 2.05) is 56.3 Å². The van der Waals surface area contributed by atoms with Crippen molar-refractivity contribution in [2.24, 2.45) is 0 Å². The lowest BCUT2D eigenvalue weighted by molar-refractivity contribution is -0.113. The first-order valence-electron chi connectivity index (χ1n) is 8.74. The Labute approximate surface area is 167 Å². The Morgan fingerprint density at radius 2 is 1.85 bits per heavy atom. The molecule has 5 nitrogen and oxygen atoms in total. The van der Waals surface area contributed by atoms with Crippen LogP contribution in [0.5, 0.6) is 0 Å². The summed E-state index contributed by atoms with van der Waals surface area (Å²) in [4.78, 5) is 12.4. The number of nitrogens with one attached hydrogen (secondary N) is 2. The molecular weight excluding hydrogens is 376 g/mol. The second-order valence-corrected chi connectivity index (χ2v) is 8.31. The van der Waals surface area contributed by atoms with Crippen LogP contribution in [0.3, 0.4) is 0 Å². The third kappa shape index (κ3) is 5.08. The summed E-state index contributed by atoms with van der Waals surface area (Å²) in [5, 5.41) is 15.4. The minimum absolute atomic E-state index is 0.0346. The molecule has 0 fully saturated rings. The van der Waals surface area contributed by atoms with Crippen molar-refractivity contribution in [2.75, 3.05) is 16.4 Å². The van der Waals surface area contributed by atoms with E-state index in [1.165, 1.54) is 23.1 Å². The number of para-hydroxylation sites is 2. The summed E-state index contributed by atoms with van der Waals surface area (Å²) < 4.78 is 0.765. The Kier molecular flexibility index (Phi) is 6.47. The molecule has 3 aromatic rings. The molecule has 0 radical (unpaired) electrons. The maximum absolute atomic E-state index is 12.4. The fraction of sp³-hybridized carbons (Fsp3) is 0.250. The number of amides is 1. The Morgan fingerprint density at radius 3 is 2.63 bits per heavy atom. The van der Waals surface area contributed by atoms with Crippen LogP contribution >= 0.6 is 23.1 Å². The number of benzene rings is 2. The zero-order chi connectivity index (χ0) is 19.2.